The van der Waals surface area contributed by atoms with Crippen LogP contribution in [-0.4, -0.2) is 27.9 Å². The van der Waals surface area contributed by atoms with E-state index in [1.54, 1.807) is 0 Å². The van der Waals surface area contributed by atoms with E-state index in [2.05, 4.69) is 0 Å². The fourth-order valence-electron chi connectivity index (χ4n) is 2.49. The number of benzene rings is 1. The van der Waals surface area contributed by atoms with Gasteiger partial charge in [-0.2, -0.15) is 0 Å². The Morgan fingerprint density at radius 1 is 1.24 bits per heavy atom. The lowest BCUT2D eigenvalue weighted by atomic mass is 10.0. The van der Waals surface area contributed by atoms with Gasteiger partial charge in [-0.1, -0.05) is 30.3 Å². The number of carbonyl (C=O) groups is 2. The smallest absolute Gasteiger partial charge is 0.326 e. The molecule has 1 fully saturated rings. The minimum atomic E-state index is -0.918. The molecule has 1 amide bonds. The summed E-state index contributed by atoms with van der Waals surface area (Å²) in [4.78, 5) is 24.2. The fourth-order valence-corrected chi connectivity index (χ4v) is 2.49. The summed E-state index contributed by atoms with van der Waals surface area (Å²) in [6.45, 7) is 1.43. The summed E-state index contributed by atoms with van der Waals surface area (Å²) in [6.07, 6.45) is 1.23. The highest BCUT2D eigenvalue weighted by molar-refractivity contribution is 5.83. The Bertz CT molecular complexity index is 430. The van der Waals surface area contributed by atoms with Crippen LogP contribution in [-0.2, 0) is 9.59 Å². The number of amides is 1. The first kappa shape index (κ1) is 11.6. The number of aliphatic carboxylic acids is 1. The standard InChI is InChI=1S/C13H15NO3/c1-9(15)14-11(7-8-12(14)13(16)17)10-5-3-2-4-6-10/h2-6,11-12H,7-8H2,1H3,(H,16,17)/t11-,12-/m0/s1. The number of rotatable bonds is 2. The molecule has 4 heteroatoms. The molecule has 2 rings (SSSR count). The summed E-state index contributed by atoms with van der Waals surface area (Å²) in [5.41, 5.74) is 1.01. The second kappa shape index (κ2) is 4.57. The monoisotopic (exact) mass is 233 g/mol. The van der Waals surface area contributed by atoms with Crippen molar-refractivity contribution in [1.82, 2.24) is 4.90 Å². The highest BCUT2D eigenvalue weighted by Crippen LogP contribution is 2.36. The summed E-state index contributed by atoms with van der Waals surface area (Å²) >= 11 is 0. The molecule has 1 aromatic rings. The second-order valence-corrected chi connectivity index (χ2v) is 4.28. The Balaban J connectivity index is 2.30. The third-order valence-corrected chi connectivity index (χ3v) is 3.22. The van der Waals surface area contributed by atoms with Gasteiger partial charge in [-0.05, 0) is 18.4 Å². The predicted octanol–water partition coefficient (Wildman–Crippen LogP) is 1.82. The number of hydrogen-bond donors (Lipinski definition) is 1. The number of hydrogen-bond acceptors (Lipinski definition) is 2. The minimum absolute atomic E-state index is 0.102. The average Bonchev–Trinajstić information content (AvgIpc) is 2.74. The van der Waals surface area contributed by atoms with Crippen LogP contribution in [0.2, 0.25) is 0 Å². The van der Waals surface area contributed by atoms with Gasteiger partial charge in [0.1, 0.15) is 6.04 Å². The van der Waals surface area contributed by atoms with Crippen LogP contribution in [0.25, 0.3) is 0 Å². The molecule has 0 saturated carbocycles. The molecule has 1 N–H and O–H groups in total. The quantitative estimate of drug-likeness (QED) is 0.847. The summed E-state index contributed by atoms with van der Waals surface area (Å²) in [6, 6.07) is 8.80. The molecule has 0 unspecified atom stereocenters. The van der Waals surface area contributed by atoms with Gasteiger partial charge in [0, 0.05) is 6.92 Å². The van der Waals surface area contributed by atoms with Crippen LogP contribution < -0.4 is 0 Å². The molecule has 0 spiro atoms. The van der Waals surface area contributed by atoms with E-state index in [0.29, 0.717) is 12.8 Å². The third-order valence-electron chi connectivity index (χ3n) is 3.22. The third kappa shape index (κ3) is 2.16. The molecular formula is C13H15NO3. The maximum atomic E-state index is 11.6. The van der Waals surface area contributed by atoms with Crippen LogP contribution in [0.1, 0.15) is 31.4 Å². The van der Waals surface area contributed by atoms with Crippen LogP contribution in [0.3, 0.4) is 0 Å². The van der Waals surface area contributed by atoms with Crippen molar-refractivity contribution < 1.29 is 14.7 Å². The fraction of sp³-hybridized carbons (Fsp3) is 0.385. The van der Waals surface area contributed by atoms with Gasteiger partial charge in [0.2, 0.25) is 5.91 Å². The molecule has 2 atom stereocenters. The van der Waals surface area contributed by atoms with Crippen molar-refractivity contribution in [2.24, 2.45) is 0 Å². The summed E-state index contributed by atoms with van der Waals surface area (Å²) < 4.78 is 0. The number of carbonyl (C=O) groups excluding carboxylic acids is 1. The molecule has 17 heavy (non-hydrogen) atoms. The minimum Gasteiger partial charge on any atom is -0.480 e. The highest BCUT2D eigenvalue weighted by Gasteiger charge is 2.39. The van der Waals surface area contributed by atoms with Gasteiger partial charge in [0.15, 0.2) is 0 Å². The Labute approximate surface area is 99.9 Å². The summed E-state index contributed by atoms with van der Waals surface area (Å²) in [5, 5.41) is 9.10. The zero-order valence-corrected chi connectivity index (χ0v) is 9.67. The Kier molecular flexibility index (Phi) is 3.13. The van der Waals surface area contributed by atoms with Gasteiger partial charge < -0.3 is 10.0 Å². The van der Waals surface area contributed by atoms with Gasteiger partial charge >= 0.3 is 5.97 Å². The lowest BCUT2D eigenvalue weighted by Gasteiger charge is -2.27. The summed E-state index contributed by atoms with van der Waals surface area (Å²) in [5.74, 6) is -1.10. The number of carboxylic acid groups (broad SMARTS) is 1. The van der Waals surface area contributed by atoms with E-state index in [0.717, 1.165) is 5.56 Å². The zero-order valence-electron chi connectivity index (χ0n) is 9.67. The molecule has 1 aliphatic rings. The lowest BCUT2D eigenvalue weighted by molar-refractivity contribution is -0.148. The topological polar surface area (TPSA) is 57.6 Å². The lowest BCUT2D eigenvalue weighted by Crippen LogP contribution is -2.40. The molecule has 0 radical (unpaired) electrons. The van der Waals surface area contributed by atoms with E-state index < -0.39 is 12.0 Å². The van der Waals surface area contributed by atoms with E-state index in [4.69, 9.17) is 5.11 Å². The van der Waals surface area contributed by atoms with Gasteiger partial charge in [0.05, 0.1) is 6.04 Å². The first-order chi connectivity index (χ1) is 8.11. The van der Waals surface area contributed by atoms with E-state index >= 15 is 0 Å². The van der Waals surface area contributed by atoms with E-state index in [1.807, 2.05) is 30.3 Å². The van der Waals surface area contributed by atoms with Gasteiger partial charge in [0.25, 0.3) is 0 Å². The molecular weight excluding hydrogens is 218 g/mol. The molecule has 1 aliphatic heterocycles. The van der Waals surface area contributed by atoms with E-state index in [1.165, 1.54) is 11.8 Å². The summed E-state index contributed by atoms with van der Waals surface area (Å²) in [7, 11) is 0. The van der Waals surface area contributed by atoms with Crippen molar-refractivity contribution in [2.45, 2.75) is 31.8 Å². The Hall–Kier alpha value is -1.84. The zero-order chi connectivity index (χ0) is 12.4. The Morgan fingerprint density at radius 2 is 1.88 bits per heavy atom. The molecule has 0 bridgehead atoms. The molecule has 0 aromatic heterocycles. The van der Waals surface area contributed by atoms with Crippen LogP contribution in [0, 0.1) is 0 Å². The van der Waals surface area contributed by atoms with Crippen molar-refractivity contribution in [3.63, 3.8) is 0 Å². The van der Waals surface area contributed by atoms with Crippen LogP contribution >= 0.6 is 0 Å². The van der Waals surface area contributed by atoms with Gasteiger partial charge in [-0.3, -0.25) is 4.79 Å². The molecule has 1 saturated heterocycles. The number of nitrogens with zero attached hydrogens (tertiary/aromatic N) is 1. The predicted molar refractivity (Wildman–Crippen MR) is 62.4 cm³/mol. The van der Waals surface area contributed by atoms with Crippen molar-refractivity contribution in [2.75, 3.05) is 0 Å². The van der Waals surface area contributed by atoms with Crippen LogP contribution in [0.15, 0.2) is 30.3 Å². The van der Waals surface area contributed by atoms with Crippen molar-refractivity contribution in [1.29, 1.82) is 0 Å². The van der Waals surface area contributed by atoms with E-state index in [9.17, 15) is 9.59 Å². The van der Waals surface area contributed by atoms with Crippen molar-refractivity contribution >= 4 is 11.9 Å². The normalized spacial score (nSPS) is 23.7. The maximum absolute atomic E-state index is 11.6. The number of carboxylic acids is 1. The Morgan fingerprint density at radius 3 is 2.41 bits per heavy atom. The van der Waals surface area contributed by atoms with Gasteiger partial charge in [-0.15, -0.1) is 0 Å². The highest BCUT2D eigenvalue weighted by atomic mass is 16.4. The van der Waals surface area contributed by atoms with Crippen LogP contribution in [0.5, 0.6) is 0 Å². The second-order valence-electron chi connectivity index (χ2n) is 4.28. The molecule has 1 aromatic carbocycles. The number of likely N-dealkylation sites (tertiary alicyclic amines) is 1. The van der Waals surface area contributed by atoms with Gasteiger partial charge in [-0.25, -0.2) is 4.79 Å². The first-order valence-corrected chi connectivity index (χ1v) is 5.68. The maximum Gasteiger partial charge on any atom is 0.326 e. The van der Waals surface area contributed by atoms with Crippen molar-refractivity contribution in [3.05, 3.63) is 35.9 Å². The SMILES string of the molecule is CC(=O)N1[C@H](C(=O)O)CC[C@H]1c1ccccc1. The van der Waals surface area contributed by atoms with E-state index in [-0.39, 0.29) is 11.9 Å². The average molecular weight is 233 g/mol. The van der Waals surface area contributed by atoms with Crippen LogP contribution in [0.4, 0.5) is 0 Å². The first-order valence-electron chi connectivity index (χ1n) is 5.68. The molecule has 90 valence electrons. The molecule has 1 heterocycles. The molecule has 4 nitrogen and oxygen atoms in total. The van der Waals surface area contributed by atoms with Crippen molar-refractivity contribution in [3.8, 4) is 0 Å². The largest absolute Gasteiger partial charge is 0.480 e. The molecule has 0 aliphatic carbocycles.